The number of halogens is 1. The van der Waals surface area contributed by atoms with E-state index in [4.69, 9.17) is 10.2 Å². The van der Waals surface area contributed by atoms with Gasteiger partial charge in [-0.2, -0.15) is 0 Å². The Morgan fingerprint density at radius 3 is 2.50 bits per heavy atom. The van der Waals surface area contributed by atoms with E-state index in [1.54, 1.807) is 6.07 Å². The molecule has 14 heavy (non-hydrogen) atoms. The molecule has 0 aliphatic rings. The number of rotatable bonds is 3. The van der Waals surface area contributed by atoms with Crippen molar-refractivity contribution < 1.29 is 20.1 Å². The minimum atomic E-state index is -1.86. The fraction of sp³-hybridized carbons (Fsp3) is 0.250. The van der Waals surface area contributed by atoms with Gasteiger partial charge in [0.2, 0.25) is 0 Å². The molecule has 1 heterocycles. The molecule has 0 aliphatic heterocycles. The normalized spacial score (nSPS) is 14.8. The van der Waals surface area contributed by atoms with Crippen molar-refractivity contribution in [2.45, 2.75) is 12.2 Å². The Morgan fingerprint density at radius 2 is 2.07 bits per heavy atom. The monoisotopic (exact) mass is 261 g/mol. The third-order valence-corrected chi connectivity index (χ3v) is 2.07. The highest BCUT2D eigenvalue weighted by molar-refractivity contribution is 9.10. The molecule has 5 nitrogen and oxygen atoms in total. The van der Waals surface area contributed by atoms with Crippen molar-refractivity contribution in [3.8, 4) is 0 Å². The van der Waals surface area contributed by atoms with Gasteiger partial charge in [-0.15, -0.1) is 0 Å². The van der Waals surface area contributed by atoms with Crippen LogP contribution in [0, 0.1) is 0 Å². The summed E-state index contributed by atoms with van der Waals surface area (Å²) < 4.78 is 0.707. The first-order chi connectivity index (χ1) is 6.52. The minimum absolute atomic E-state index is 0.114. The Labute approximate surface area is 88.2 Å². The van der Waals surface area contributed by atoms with Crippen molar-refractivity contribution in [2.75, 3.05) is 0 Å². The molecule has 0 fully saturated rings. The number of carboxylic acid groups (broad SMARTS) is 1. The van der Waals surface area contributed by atoms with Gasteiger partial charge < -0.3 is 15.3 Å². The Balaban J connectivity index is 2.84. The predicted molar refractivity (Wildman–Crippen MR) is 50.5 cm³/mol. The van der Waals surface area contributed by atoms with Crippen LogP contribution in [0.2, 0.25) is 0 Å². The van der Waals surface area contributed by atoms with Gasteiger partial charge in [0.15, 0.2) is 6.10 Å². The van der Waals surface area contributed by atoms with Gasteiger partial charge in [-0.1, -0.05) is 0 Å². The summed E-state index contributed by atoms with van der Waals surface area (Å²) >= 11 is 3.14. The first-order valence-corrected chi connectivity index (χ1v) is 4.52. The molecule has 0 radical (unpaired) electrons. The summed E-state index contributed by atoms with van der Waals surface area (Å²) in [5.74, 6) is -1.48. The third-order valence-electron chi connectivity index (χ3n) is 1.61. The second kappa shape index (κ2) is 4.50. The highest BCUT2D eigenvalue weighted by Gasteiger charge is 2.25. The molecule has 1 rings (SSSR count). The molecule has 0 saturated heterocycles. The average Bonchev–Trinajstić information content (AvgIpc) is 2.16. The summed E-state index contributed by atoms with van der Waals surface area (Å²) in [4.78, 5) is 14.1. The molecule has 2 unspecified atom stereocenters. The summed E-state index contributed by atoms with van der Waals surface area (Å²) in [5.41, 5.74) is 0.114. The van der Waals surface area contributed by atoms with Crippen molar-refractivity contribution in [1.82, 2.24) is 4.98 Å². The van der Waals surface area contributed by atoms with Crippen LogP contribution >= 0.6 is 15.9 Å². The first-order valence-electron chi connectivity index (χ1n) is 3.72. The van der Waals surface area contributed by atoms with E-state index in [0.717, 1.165) is 0 Å². The maximum Gasteiger partial charge on any atom is 0.335 e. The van der Waals surface area contributed by atoms with Crippen LogP contribution in [0.5, 0.6) is 0 Å². The molecule has 0 aliphatic carbocycles. The van der Waals surface area contributed by atoms with Crippen molar-refractivity contribution in [3.05, 3.63) is 28.5 Å². The number of nitrogens with zero attached hydrogens (tertiary/aromatic N) is 1. The minimum Gasteiger partial charge on any atom is -0.479 e. The highest BCUT2D eigenvalue weighted by atomic mass is 79.9. The van der Waals surface area contributed by atoms with Crippen LogP contribution in [-0.4, -0.2) is 32.4 Å². The zero-order chi connectivity index (χ0) is 10.7. The lowest BCUT2D eigenvalue weighted by atomic mass is 10.1. The molecule has 3 N–H and O–H groups in total. The van der Waals surface area contributed by atoms with Gasteiger partial charge in [0.25, 0.3) is 0 Å². The van der Waals surface area contributed by atoms with Crippen LogP contribution in [0.4, 0.5) is 0 Å². The third kappa shape index (κ3) is 2.50. The summed E-state index contributed by atoms with van der Waals surface area (Å²) in [6.07, 6.45) is -1.96. The zero-order valence-electron chi connectivity index (χ0n) is 6.96. The number of aliphatic carboxylic acids is 1. The van der Waals surface area contributed by atoms with E-state index in [1.807, 2.05) is 0 Å². The van der Waals surface area contributed by atoms with Crippen molar-refractivity contribution in [1.29, 1.82) is 0 Å². The Kier molecular flexibility index (Phi) is 3.56. The molecule has 0 bridgehead atoms. The lowest BCUT2D eigenvalue weighted by Crippen LogP contribution is -2.27. The number of hydrogen-bond donors (Lipinski definition) is 3. The molecule has 6 heteroatoms. The van der Waals surface area contributed by atoms with Gasteiger partial charge >= 0.3 is 5.97 Å². The van der Waals surface area contributed by atoms with Crippen LogP contribution in [0.25, 0.3) is 0 Å². The Morgan fingerprint density at radius 1 is 1.43 bits per heavy atom. The fourth-order valence-electron chi connectivity index (χ4n) is 0.859. The number of aliphatic hydroxyl groups is 2. The first kappa shape index (κ1) is 11.1. The van der Waals surface area contributed by atoms with Gasteiger partial charge in [0.1, 0.15) is 6.10 Å². The molecular weight excluding hydrogens is 254 g/mol. The number of carbonyl (C=O) groups is 1. The lowest BCUT2D eigenvalue weighted by molar-refractivity contribution is -0.153. The molecule has 1 aromatic rings. The number of hydrogen-bond acceptors (Lipinski definition) is 4. The van der Waals surface area contributed by atoms with Crippen LogP contribution in [0.15, 0.2) is 22.8 Å². The van der Waals surface area contributed by atoms with Crippen LogP contribution in [0.1, 0.15) is 11.8 Å². The SMILES string of the molecule is O=C(O)C(O)C(O)c1ccc(Br)cn1. The molecule has 1 aromatic heterocycles. The quantitative estimate of drug-likeness (QED) is 0.729. The Bertz CT molecular complexity index is 327. The van der Waals surface area contributed by atoms with Gasteiger partial charge in [0.05, 0.1) is 5.69 Å². The van der Waals surface area contributed by atoms with Gasteiger partial charge in [0, 0.05) is 10.7 Å². The van der Waals surface area contributed by atoms with Crippen molar-refractivity contribution >= 4 is 21.9 Å². The second-order valence-corrected chi connectivity index (χ2v) is 3.54. The van der Waals surface area contributed by atoms with Gasteiger partial charge in [-0.25, -0.2) is 4.79 Å². The van der Waals surface area contributed by atoms with E-state index in [9.17, 15) is 9.90 Å². The number of aliphatic hydroxyl groups excluding tert-OH is 2. The standard InChI is InChI=1S/C8H8BrNO4/c9-4-1-2-5(10-3-4)6(11)7(12)8(13)14/h1-3,6-7,11-12H,(H,13,14). The molecule has 0 saturated carbocycles. The van der Waals surface area contributed by atoms with Gasteiger partial charge in [-0.3, -0.25) is 4.98 Å². The molecule has 0 aromatic carbocycles. The van der Waals surface area contributed by atoms with Crippen molar-refractivity contribution in [3.63, 3.8) is 0 Å². The summed E-state index contributed by atoms with van der Waals surface area (Å²) in [7, 11) is 0. The average molecular weight is 262 g/mol. The smallest absolute Gasteiger partial charge is 0.335 e. The van der Waals surface area contributed by atoms with E-state index in [2.05, 4.69) is 20.9 Å². The summed E-state index contributed by atoms with van der Waals surface area (Å²) in [6.45, 7) is 0. The van der Waals surface area contributed by atoms with E-state index < -0.39 is 18.2 Å². The second-order valence-electron chi connectivity index (χ2n) is 2.63. The fourth-order valence-corrected chi connectivity index (χ4v) is 1.09. The number of pyridine rings is 1. The van der Waals surface area contributed by atoms with E-state index in [-0.39, 0.29) is 5.69 Å². The van der Waals surface area contributed by atoms with Crippen LogP contribution in [-0.2, 0) is 4.79 Å². The Hall–Kier alpha value is -0.980. The summed E-state index contributed by atoms with van der Waals surface area (Å²) in [6, 6.07) is 3.03. The predicted octanol–water partition coefficient (Wildman–Crippen LogP) is 0.323. The lowest BCUT2D eigenvalue weighted by Gasteiger charge is -2.12. The molecule has 0 spiro atoms. The number of aromatic nitrogens is 1. The van der Waals surface area contributed by atoms with E-state index >= 15 is 0 Å². The molecule has 2 atom stereocenters. The molecular formula is C8H8BrNO4. The van der Waals surface area contributed by atoms with E-state index in [1.165, 1.54) is 12.3 Å². The van der Waals surface area contributed by atoms with E-state index in [0.29, 0.717) is 4.47 Å². The zero-order valence-corrected chi connectivity index (χ0v) is 8.55. The molecule has 76 valence electrons. The number of carboxylic acids is 1. The van der Waals surface area contributed by atoms with Gasteiger partial charge in [-0.05, 0) is 28.1 Å². The highest BCUT2D eigenvalue weighted by Crippen LogP contribution is 2.16. The molecule has 0 amide bonds. The topological polar surface area (TPSA) is 90.7 Å². The largest absolute Gasteiger partial charge is 0.479 e. The van der Waals surface area contributed by atoms with Crippen molar-refractivity contribution in [2.24, 2.45) is 0 Å². The van der Waals surface area contributed by atoms with Crippen LogP contribution < -0.4 is 0 Å². The maximum absolute atomic E-state index is 10.3. The maximum atomic E-state index is 10.3. The summed E-state index contributed by atoms with van der Waals surface area (Å²) in [5, 5.41) is 26.8. The van der Waals surface area contributed by atoms with Crippen LogP contribution in [0.3, 0.4) is 0 Å².